The summed E-state index contributed by atoms with van der Waals surface area (Å²) in [6, 6.07) is -1.40. The normalized spacial score (nSPS) is 19.0. The largest absolute Gasteiger partial charge is 0.403 e. The van der Waals surface area contributed by atoms with Crippen molar-refractivity contribution in [3.63, 3.8) is 0 Å². The molecular formula is C14H23F3N6. The molecular weight excluding hydrogens is 309 g/mol. The minimum atomic E-state index is -4.17. The highest BCUT2D eigenvalue weighted by molar-refractivity contribution is 5.79. The second kappa shape index (κ2) is 7.67. The van der Waals surface area contributed by atoms with Crippen molar-refractivity contribution in [3.05, 3.63) is 18.7 Å². The van der Waals surface area contributed by atoms with Crippen LogP contribution in [0.1, 0.15) is 6.92 Å². The molecule has 6 nitrogen and oxygen atoms in total. The summed E-state index contributed by atoms with van der Waals surface area (Å²) in [5.74, 6) is 0.726. The fraction of sp³-hybridized carbons (Fsp3) is 0.714. The van der Waals surface area contributed by atoms with Gasteiger partial charge in [0.15, 0.2) is 5.96 Å². The summed E-state index contributed by atoms with van der Waals surface area (Å²) in [6.07, 6.45) is 1.16. The SMILES string of the molecule is CN=C(NCCn1ccnc1)N1CCN(C(C)C(F)(F)F)CC1. The number of alkyl halides is 3. The molecule has 2 heterocycles. The summed E-state index contributed by atoms with van der Waals surface area (Å²) in [6.45, 7) is 4.47. The first-order valence-electron chi connectivity index (χ1n) is 7.64. The van der Waals surface area contributed by atoms with Gasteiger partial charge in [0.25, 0.3) is 0 Å². The zero-order valence-corrected chi connectivity index (χ0v) is 13.4. The average Bonchev–Trinajstić information content (AvgIpc) is 3.03. The lowest BCUT2D eigenvalue weighted by molar-refractivity contribution is -0.181. The molecule has 130 valence electrons. The van der Waals surface area contributed by atoms with Crippen molar-refractivity contribution in [1.82, 2.24) is 24.7 Å². The Morgan fingerprint density at radius 2 is 2.00 bits per heavy atom. The molecule has 1 aliphatic heterocycles. The molecule has 0 aliphatic carbocycles. The molecule has 1 saturated heterocycles. The van der Waals surface area contributed by atoms with E-state index >= 15 is 0 Å². The van der Waals surface area contributed by atoms with Crippen molar-refractivity contribution in [2.24, 2.45) is 4.99 Å². The highest BCUT2D eigenvalue weighted by Crippen LogP contribution is 2.25. The minimum Gasteiger partial charge on any atom is -0.354 e. The predicted octanol–water partition coefficient (Wildman–Crippen LogP) is 1.03. The Labute approximate surface area is 134 Å². The second-order valence-corrected chi connectivity index (χ2v) is 5.52. The maximum absolute atomic E-state index is 12.8. The lowest BCUT2D eigenvalue weighted by atomic mass is 10.2. The van der Waals surface area contributed by atoms with Gasteiger partial charge in [-0.1, -0.05) is 0 Å². The van der Waals surface area contributed by atoms with E-state index in [1.165, 1.54) is 11.8 Å². The van der Waals surface area contributed by atoms with Gasteiger partial charge in [-0.3, -0.25) is 9.89 Å². The molecule has 23 heavy (non-hydrogen) atoms. The maximum atomic E-state index is 12.8. The Bertz CT molecular complexity index is 491. The maximum Gasteiger partial charge on any atom is 0.403 e. The number of imidazole rings is 1. The quantitative estimate of drug-likeness (QED) is 0.661. The molecule has 1 fully saturated rings. The number of guanidine groups is 1. The van der Waals surface area contributed by atoms with Crippen LogP contribution in [0.2, 0.25) is 0 Å². The van der Waals surface area contributed by atoms with Crippen LogP contribution in [0.3, 0.4) is 0 Å². The summed E-state index contributed by atoms with van der Waals surface area (Å²) < 4.78 is 40.2. The molecule has 1 aromatic rings. The molecule has 0 spiro atoms. The number of piperazine rings is 1. The number of hydrogen-bond donors (Lipinski definition) is 1. The van der Waals surface area contributed by atoms with E-state index < -0.39 is 12.2 Å². The molecule has 0 radical (unpaired) electrons. The van der Waals surface area contributed by atoms with Crippen LogP contribution in [-0.2, 0) is 6.54 Å². The monoisotopic (exact) mass is 332 g/mol. The van der Waals surface area contributed by atoms with Crippen molar-refractivity contribution in [2.75, 3.05) is 39.8 Å². The predicted molar refractivity (Wildman–Crippen MR) is 82.3 cm³/mol. The Morgan fingerprint density at radius 1 is 1.30 bits per heavy atom. The van der Waals surface area contributed by atoms with E-state index in [1.54, 1.807) is 19.6 Å². The first-order chi connectivity index (χ1) is 10.9. The number of aromatic nitrogens is 2. The molecule has 1 unspecified atom stereocenters. The van der Waals surface area contributed by atoms with Gasteiger partial charge in [-0.2, -0.15) is 13.2 Å². The van der Waals surface area contributed by atoms with Crippen LogP contribution in [0.5, 0.6) is 0 Å². The van der Waals surface area contributed by atoms with Gasteiger partial charge in [-0.15, -0.1) is 0 Å². The molecule has 2 rings (SSSR count). The summed E-state index contributed by atoms with van der Waals surface area (Å²) >= 11 is 0. The summed E-state index contributed by atoms with van der Waals surface area (Å²) in [4.78, 5) is 11.6. The van der Waals surface area contributed by atoms with Crippen molar-refractivity contribution < 1.29 is 13.2 Å². The fourth-order valence-corrected chi connectivity index (χ4v) is 2.58. The van der Waals surface area contributed by atoms with E-state index in [9.17, 15) is 13.2 Å². The fourth-order valence-electron chi connectivity index (χ4n) is 2.58. The zero-order chi connectivity index (χ0) is 16.9. The van der Waals surface area contributed by atoms with Crippen LogP contribution in [0, 0.1) is 0 Å². The summed E-state index contributed by atoms with van der Waals surface area (Å²) in [7, 11) is 1.68. The van der Waals surface area contributed by atoms with Crippen LogP contribution in [0.4, 0.5) is 13.2 Å². The lowest BCUT2D eigenvalue weighted by Gasteiger charge is -2.39. The van der Waals surface area contributed by atoms with Crippen molar-refractivity contribution in [1.29, 1.82) is 0 Å². The highest BCUT2D eigenvalue weighted by Gasteiger charge is 2.40. The Morgan fingerprint density at radius 3 is 2.52 bits per heavy atom. The summed E-state index contributed by atoms with van der Waals surface area (Å²) in [5, 5.41) is 3.24. The van der Waals surface area contributed by atoms with Crippen LogP contribution in [-0.4, -0.2) is 77.3 Å². The molecule has 1 aliphatic rings. The Kier molecular flexibility index (Phi) is 5.86. The first kappa shape index (κ1) is 17.6. The molecule has 1 atom stereocenters. The highest BCUT2D eigenvalue weighted by atomic mass is 19.4. The van der Waals surface area contributed by atoms with Crippen LogP contribution in [0.15, 0.2) is 23.7 Å². The second-order valence-electron chi connectivity index (χ2n) is 5.52. The van der Waals surface area contributed by atoms with E-state index in [4.69, 9.17) is 0 Å². The van der Waals surface area contributed by atoms with E-state index in [0.717, 1.165) is 12.5 Å². The summed E-state index contributed by atoms with van der Waals surface area (Å²) in [5.41, 5.74) is 0. The third-order valence-corrected chi connectivity index (χ3v) is 4.06. The number of rotatable bonds is 4. The van der Waals surface area contributed by atoms with Crippen LogP contribution in [0.25, 0.3) is 0 Å². The van der Waals surface area contributed by atoms with Gasteiger partial charge in [-0.05, 0) is 6.92 Å². The first-order valence-corrected chi connectivity index (χ1v) is 7.64. The minimum absolute atomic E-state index is 0.378. The van der Waals surface area contributed by atoms with Crippen LogP contribution >= 0.6 is 0 Å². The Hall–Kier alpha value is -1.77. The molecule has 9 heteroatoms. The number of aliphatic imine (C=N–C) groups is 1. The molecule has 0 aromatic carbocycles. The smallest absolute Gasteiger partial charge is 0.354 e. The van der Waals surface area contributed by atoms with E-state index in [1.807, 2.05) is 15.7 Å². The topological polar surface area (TPSA) is 48.7 Å². The van der Waals surface area contributed by atoms with E-state index in [-0.39, 0.29) is 0 Å². The number of nitrogens with one attached hydrogen (secondary N) is 1. The van der Waals surface area contributed by atoms with Crippen molar-refractivity contribution in [2.45, 2.75) is 25.7 Å². The standard InChI is InChI=1S/C14H23F3N6/c1-12(14(15,16)17)22-7-9-23(10-8-22)13(18-2)20-4-6-21-5-3-19-11-21/h3,5,11-12H,4,6-10H2,1-2H3,(H,18,20). The molecule has 0 amide bonds. The molecule has 1 aromatic heterocycles. The average molecular weight is 332 g/mol. The van der Waals surface area contributed by atoms with Crippen molar-refractivity contribution >= 4 is 5.96 Å². The molecule has 0 bridgehead atoms. The number of hydrogen-bond acceptors (Lipinski definition) is 3. The third kappa shape index (κ3) is 4.85. The van der Waals surface area contributed by atoms with E-state index in [2.05, 4.69) is 15.3 Å². The number of nitrogens with zero attached hydrogens (tertiary/aromatic N) is 5. The van der Waals surface area contributed by atoms with E-state index in [0.29, 0.717) is 32.7 Å². The van der Waals surface area contributed by atoms with Gasteiger partial charge >= 0.3 is 6.18 Å². The van der Waals surface area contributed by atoms with Crippen molar-refractivity contribution in [3.8, 4) is 0 Å². The third-order valence-electron chi connectivity index (χ3n) is 4.06. The van der Waals surface area contributed by atoms with Gasteiger partial charge in [0, 0.05) is 58.7 Å². The van der Waals surface area contributed by atoms with Crippen LogP contribution < -0.4 is 5.32 Å². The number of halogens is 3. The van der Waals surface area contributed by atoms with Gasteiger partial charge < -0.3 is 14.8 Å². The zero-order valence-electron chi connectivity index (χ0n) is 13.4. The van der Waals surface area contributed by atoms with Gasteiger partial charge in [0.2, 0.25) is 0 Å². The molecule has 0 saturated carbocycles. The molecule has 1 N–H and O–H groups in total. The van der Waals surface area contributed by atoms with Gasteiger partial charge in [0.05, 0.1) is 6.33 Å². The van der Waals surface area contributed by atoms with Gasteiger partial charge in [0.1, 0.15) is 6.04 Å². The lowest BCUT2D eigenvalue weighted by Crippen LogP contribution is -2.56. The Balaban J connectivity index is 1.78. The van der Waals surface area contributed by atoms with Gasteiger partial charge in [-0.25, -0.2) is 4.98 Å².